The molecule has 0 aliphatic carbocycles. The highest BCUT2D eigenvalue weighted by atomic mass is 32.1. The molecule has 0 amide bonds. The lowest BCUT2D eigenvalue weighted by atomic mass is 10.2. The summed E-state index contributed by atoms with van der Waals surface area (Å²) in [6.45, 7) is 0. The highest BCUT2D eigenvalue weighted by Gasteiger charge is 2.02. The van der Waals surface area contributed by atoms with E-state index in [1.54, 1.807) is 11.3 Å². The molecule has 0 atom stereocenters. The van der Waals surface area contributed by atoms with E-state index in [1.165, 1.54) is 5.56 Å². The Kier molecular flexibility index (Phi) is 2.37. The van der Waals surface area contributed by atoms with Crippen molar-refractivity contribution in [3.63, 3.8) is 0 Å². The second kappa shape index (κ2) is 3.67. The van der Waals surface area contributed by atoms with Gasteiger partial charge >= 0.3 is 0 Å². The number of nitrogens with zero attached hydrogens (tertiary/aromatic N) is 2. The zero-order valence-corrected chi connectivity index (χ0v) is 8.66. The smallest absolute Gasteiger partial charge is 0.207 e. The van der Waals surface area contributed by atoms with Crippen LogP contribution in [0.15, 0.2) is 40.8 Å². The molecule has 2 rings (SSSR count). The molecule has 0 saturated carbocycles. The van der Waals surface area contributed by atoms with E-state index in [0.29, 0.717) is 0 Å². The van der Waals surface area contributed by atoms with E-state index in [2.05, 4.69) is 22.6 Å². The Hall–Kier alpha value is -1.55. The second-order valence-electron chi connectivity index (χ2n) is 2.96. The van der Waals surface area contributed by atoms with Crippen LogP contribution in [-0.2, 0) is 7.05 Å². The van der Waals surface area contributed by atoms with Crippen molar-refractivity contribution in [2.24, 2.45) is 18.0 Å². The summed E-state index contributed by atoms with van der Waals surface area (Å²) in [5.74, 6) is 5.26. The molecular weight excluding hydrogens is 194 g/mol. The van der Waals surface area contributed by atoms with E-state index in [4.69, 9.17) is 5.84 Å². The van der Waals surface area contributed by atoms with Gasteiger partial charge in [-0.3, -0.25) is 0 Å². The average Bonchev–Trinajstić information content (AvgIpc) is 2.61. The van der Waals surface area contributed by atoms with Gasteiger partial charge in [-0.25, -0.2) is 0 Å². The molecule has 0 aliphatic heterocycles. The first kappa shape index (κ1) is 9.02. The van der Waals surface area contributed by atoms with Crippen molar-refractivity contribution in [1.29, 1.82) is 0 Å². The molecule has 72 valence electrons. The van der Waals surface area contributed by atoms with Crippen molar-refractivity contribution in [2.75, 3.05) is 0 Å². The van der Waals surface area contributed by atoms with E-state index in [9.17, 15) is 0 Å². The molecule has 0 unspecified atom stereocenters. The molecule has 1 aromatic heterocycles. The number of nitrogens with two attached hydrogens (primary N) is 1. The molecule has 1 heterocycles. The fourth-order valence-corrected chi connectivity index (χ4v) is 2.19. The number of hydrogen-bond donors (Lipinski definition) is 1. The van der Waals surface area contributed by atoms with Gasteiger partial charge in [0.05, 0.1) is 5.69 Å². The minimum Gasteiger partial charge on any atom is -0.320 e. The van der Waals surface area contributed by atoms with E-state index < -0.39 is 0 Å². The number of aromatic nitrogens is 1. The molecule has 4 heteroatoms. The number of rotatable bonds is 1. The Balaban J connectivity index is 2.59. The average molecular weight is 205 g/mol. The van der Waals surface area contributed by atoms with Crippen LogP contribution in [0.2, 0.25) is 0 Å². The molecule has 2 N–H and O–H groups in total. The predicted molar refractivity (Wildman–Crippen MR) is 58.5 cm³/mol. The summed E-state index contributed by atoms with van der Waals surface area (Å²) < 4.78 is 1.99. The minimum absolute atomic E-state index is 0.823. The molecule has 0 bridgehead atoms. The molecule has 2 aromatic rings. The maximum absolute atomic E-state index is 5.26. The van der Waals surface area contributed by atoms with Crippen LogP contribution in [0.3, 0.4) is 0 Å². The molecule has 0 radical (unpaired) electrons. The zero-order chi connectivity index (χ0) is 9.97. The molecule has 14 heavy (non-hydrogen) atoms. The normalized spacial score (nSPS) is 11.9. The first-order chi connectivity index (χ1) is 6.83. The van der Waals surface area contributed by atoms with Gasteiger partial charge in [-0.05, 0) is 5.56 Å². The van der Waals surface area contributed by atoms with E-state index in [0.717, 1.165) is 10.5 Å². The summed E-state index contributed by atoms with van der Waals surface area (Å²) in [4.78, 5) is 0.823. The molecule has 3 nitrogen and oxygen atoms in total. The topological polar surface area (TPSA) is 43.3 Å². The summed E-state index contributed by atoms with van der Waals surface area (Å²) in [5, 5.41) is 5.75. The fraction of sp³-hybridized carbons (Fsp3) is 0.100. The van der Waals surface area contributed by atoms with Crippen LogP contribution in [0.1, 0.15) is 0 Å². The third-order valence-corrected chi connectivity index (χ3v) is 3.04. The van der Waals surface area contributed by atoms with Gasteiger partial charge in [0.15, 0.2) is 0 Å². The van der Waals surface area contributed by atoms with Gasteiger partial charge in [0.2, 0.25) is 4.80 Å². The summed E-state index contributed by atoms with van der Waals surface area (Å²) in [5.41, 5.74) is 2.32. The lowest BCUT2D eigenvalue weighted by Crippen LogP contribution is -2.13. The maximum atomic E-state index is 5.26. The minimum atomic E-state index is 0.823. The van der Waals surface area contributed by atoms with E-state index >= 15 is 0 Å². The lowest BCUT2D eigenvalue weighted by Gasteiger charge is -2.01. The van der Waals surface area contributed by atoms with Crippen LogP contribution < -0.4 is 10.6 Å². The number of benzene rings is 1. The summed E-state index contributed by atoms with van der Waals surface area (Å²) >= 11 is 1.54. The molecular formula is C10H11N3S. The van der Waals surface area contributed by atoms with Crippen molar-refractivity contribution < 1.29 is 0 Å². The fourth-order valence-electron chi connectivity index (χ4n) is 1.36. The molecule has 0 aliphatic rings. The predicted octanol–water partition coefficient (Wildman–Crippen LogP) is 1.53. The van der Waals surface area contributed by atoms with Gasteiger partial charge in [0.25, 0.3) is 0 Å². The maximum Gasteiger partial charge on any atom is 0.207 e. The molecule has 0 spiro atoms. The van der Waals surface area contributed by atoms with Crippen molar-refractivity contribution in [3.05, 3.63) is 40.5 Å². The van der Waals surface area contributed by atoms with Crippen LogP contribution in [0.25, 0.3) is 11.3 Å². The zero-order valence-electron chi connectivity index (χ0n) is 7.84. The van der Waals surface area contributed by atoms with Gasteiger partial charge in [-0.15, -0.1) is 11.3 Å². The third kappa shape index (κ3) is 1.44. The number of thiazole rings is 1. The van der Waals surface area contributed by atoms with Gasteiger partial charge in [0, 0.05) is 12.4 Å². The lowest BCUT2D eigenvalue weighted by molar-refractivity contribution is 0.862. The summed E-state index contributed by atoms with van der Waals surface area (Å²) in [6.07, 6.45) is 0. The first-order valence-electron chi connectivity index (χ1n) is 4.27. The summed E-state index contributed by atoms with van der Waals surface area (Å²) in [6, 6.07) is 10.2. The Labute approximate surface area is 86.1 Å². The Bertz CT molecular complexity index is 482. The third-order valence-electron chi connectivity index (χ3n) is 2.10. The SMILES string of the molecule is Cn1c(-c2ccccc2)cs/c1=N/N. The van der Waals surface area contributed by atoms with Gasteiger partial charge in [-0.2, -0.15) is 5.10 Å². The van der Waals surface area contributed by atoms with Crippen LogP contribution in [-0.4, -0.2) is 4.57 Å². The van der Waals surface area contributed by atoms with Crippen LogP contribution in [0, 0.1) is 0 Å². The highest BCUT2D eigenvalue weighted by molar-refractivity contribution is 7.07. The van der Waals surface area contributed by atoms with Crippen molar-refractivity contribution in [1.82, 2.24) is 4.57 Å². The highest BCUT2D eigenvalue weighted by Crippen LogP contribution is 2.17. The standard InChI is InChI=1S/C10H11N3S/c1-13-9(7-14-10(13)12-11)8-5-3-2-4-6-8/h2-7H,11H2,1H3/b12-10+. The monoisotopic (exact) mass is 205 g/mol. The quantitative estimate of drug-likeness (QED) is 0.557. The molecule has 1 aromatic carbocycles. The van der Waals surface area contributed by atoms with E-state index in [-0.39, 0.29) is 0 Å². The molecule has 0 saturated heterocycles. The van der Waals surface area contributed by atoms with Gasteiger partial charge in [-0.1, -0.05) is 30.3 Å². The second-order valence-corrected chi connectivity index (χ2v) is 3.79. The Morgan fingerprint density at radius 1 is 1.29 bits per heavy atom. The van der Waals surface area contributed by atoms with E-state index in [1.807, 2.05) is 29.8 Å². The van der Waals surface area contributed by atoms with Crippen LogP contribution in [0.4, 0.5) is 0 Å². The van der Waals surface area contributed by atoms with Crippen LogP contribution in [0.5, 0.6) is 0 Å². The van der Waals surface area contributed by atoms with Gasteiger partial charge < -0.3 is 10.4 Å². The van der Waals surface area contributed by atoms with Crippen molar-refractivity contribution >= 4 is 11.3 Å². The van der Waals surface area contributed by atoms with Crippen molar-refractivity contribution in [2.45, 2.75) is 0 Å². The van der Waals surface area contributed by atoms with Crippen LogP contribution >= 0.6 is 11.3 Å². The Morgan fingerprint density at radius 2 is 2.00 bits per heavy atom. The number of hydrogen-bond acceptors (Lipinski definition) is 3. The van der Waals surface area contributed by atoms with Crippen molar-refractivity contribution in [3.8, 4) is 11.3 Å². The Morgan fingerprint density at radius 3 is 2.57 bits per heavy atom. The molecule has 0 fully saturated rings. The largest absolute Gasteiger partial charge is 0.320 e. The first-order valence-corrected chi connectivity index (χ1v) is 5.15. The summed E-state index contributed by atoms with van der Waals surface area (Å²) in [7, 11) is 1.96. The van der Waals surface area contributed by atoms with Gasteiger partial charge in [0.1, 0.15) is 0 Å².